The molecule has 0 aliphatic rings. The molecule has 0 saturated heterocycles. The number of nitrogens with one attached hydrogen (secondary N) is 5. The second kappa shape index (κ2) is 16.0. The highest BCUT2D eigenvalue weighted by Gasteiger charge is 2.29. The van der Waals surface area contributed by atoms with Crippen LogP contribution in [0.2, 0.25) is 0 Å². The first-order valence-corrected chi connectivity index (χ1v) is 10.4. The summed E-state index contributed by atoms with van der Waals surface area (Å²) in [6.07, 6.45) is -1.95. The molecule has 0 heterocycles. The van der Waals surface area contributed by atoms with Gasteiger partial charge < -0.3 is 54.6 Å². The Hall–Kier alpha value is -4.81. The van der Waals surface area contributed by atoms with Crippen LogP contribution in [-0.4, -0.2) is 96.1 Å². The summed E-state index contributed by atoms with van der Waals surface area (Å²) in [6, 6.07) is -4.58. The summed E-state index contributed by atoms with van der Waals surface area (Å²) < 4.78 is 0. The highest BCUT2D eigenvalue weighted by atomic mass is 16.4. The van der Waals surface area contributed by atoms with Crippen LogP contribution < -0.4 is 49.5 Å². The van der Waals surface area contributed by atoms with Crippen molar-refractivity contribution in [1.29, 1.82) is 0 Å². The van der Waals surface area contributed by atoms with Gasteiger partial charge in [0, 0.05) is 0 Å². The normalized spacial score (nSPS) is 12.6. The number of nitrogens with two attached hydrogens (primary N) is 4. The molecule has 0 bridgehead atoms. The topological polar surface area (TPSA) is 338 Å². The molecule has 8 amide bonds. The first kappa shape index (κ1) is 32.2. The molecule has 19 heteroatoms. The van der Waals surface area contributed by atoms with Gasteiger partial charge >= 0.3 is 5.97 Å². The summed E-state index contributed by atoms with van der Waals surface area (Å²) in [4.78, 5) is 104. The Bertz CT molecular complexity index is 939. The molecule has 19 nitrogen and oxygen atoms in total. The van der Waals surface area contributed by atoms with Crippen molar-refractivity contribution < 1.29 is 48.3 Å². The zero-order chi connectivity index (χ0) is 28.7. The Labute approximate surface area is 208 Å². The summed E-state index contributed by atoms with van der Waals surface area (Å²) in [5.74, 6) is -9.25. The third kappa shape index (κ3) is 14.9. The van der Waals surface area contributed by atoms with E-state index in [1.54, 1.807) is 0 Å². The predicted octanol–water partition coefficient (Wildman–Crippen LogP) is -7.66. The average Bonchev–Trinajstić information content (AvgIpc) is 2.77. The van der Waals surface area contributed by atoms with E-state index in [2.05, 4.69) is 21.3 Å². The Morgan fingerprint density at radius 3 is 1.51 bits per heavy atom. The standard InChI is InChI=1S/C18H29N9O10/c19-7(1-10(20)28)16(35)24-4-13(31)23-5-14(32)26-9(3-12(22)30)18(37)27-8(2-11(21)29)17(36)25-6-15(33)34/h7-9H,1-6,19H2,(H2,20,28)(H2,21,29)(H2,22,30)(H,23,31)(H,24,35)(H,25,36)(H,26,32)(H,27,37)(H,33,34)/t7-,8-,9-/m0/s1. The molecule has 206 valence electrons. The van der Waals surface area contributed by atoms with Gasteiger partial charge in [-0.2, -0.15) is 0 Å². The van der Waals surface area contributed by atoms with Crippen molar-refractivity contribution in [2.45, 2.75) is 37.4 Å². The number of rotatable bonds is 17. The van der Waals surface area contributed by atoms with Crippen LogP contribution in [0.4, 0.5) is 0 Å². The molecule has 37 heavy (non-hydrogen) atoms. The minimum Gasteiger partial charge on any atom is -0.480 e. The van der Waals surface area contributed by atoms with E-state index in [-0.39, 0.29) is 0 Å². The van der Waals surface area contributed by atoms with Crippen molar-refractivity contribution in [3.05, 3.63) is 0 Å². The van der Waals surface area contributed by atoms with Gasteiger partial charge in [-0.05, 0) is 0 Å². The van der Waals surface area contributed by atoms with Gasteiger partial charge in [0.25, 0.3) is 0 Å². The van der Waals surface area contributed by atoms with Crippen molar-refractivity contribution in [3.63, 3.8) is 0 Å². The van der Waals surface area contributed by atoms with Crippen molar-refractivity contribution in [2.75, 3.05) is 19.6 Å². The van der Waals surface area contributed by atoms with Crippen molar-refractivity contribution in [3.8, 4) is 0 Å². The van der Waals surface area contributed by atoms with Gasteiger partial charge in [-0.15, -0.1) is 0 Å². The number of carboxylic acid groups (broad SMARTS) is 1. The van der Waals surface area contributed by atoms with Crippen molar-refractivity contribution >= 4 is 53.2 Å². The van der Waals surface area contributed by atoms with Crippen LogP contribution in [0.1, 0.15) is 19.3 Å². The lowest BCUT2D eigenvalue weighted by Gasteiger charge is -2.22. The lowest BCUT2D eigenvalue weighted by atomic mass is 10.1. The van der Waals surface area contributed by atoms with Gasteiger partial charge in [-0.25, -0.2) is 0 Å². The van der Waals surface area contributed by atoms with Gasteiger partial charge in [-0.3, -0.25) is 43.2 Å². The molecule has 14 N–H and O–H groups in total. The van der Waals surface area contributed by atoms with E-state index in [4.69, 9.17) is 28.0 Å². The molecule has 0 unspecified atom stereocenters. The van der Waals surface area contributed by atoms with Gasteiger partial charge in [0.05, 0.1) is 38.4 Å². The molecule has 0 radical (unpaired) electrons. The second-order valence-corrected chi connectivity index (χ2v) is 7.41. The smallest absolute Gasteiger partial charge is 0.322 e. The SMILES string of the molecule is NC(=O)C[C@H](NC(=O)CNC(=O)CNC(=O)[C@@H](N)CC(N)=O)C(=O)N[C@@H](CC(N)=O)C(=O)NCC(=O)O. The zero-order valence-electron chi connectivity index (χ0n) is 19.4. The summed E-state index contributed by atoms with van der Waals surface area (Å²) in [7, 11) is 0. The molecular formula is C18H29N9O10. The largest absolute Gasteiger partial charge is 0.480 e. The van der Waals surface area contributed by atoms with Crippen LogP contribution in [0.25, 0.3) is 0 Å². The molecule has 0 aromatic carbocycles. The van der Waals surface area contributed by atoms with E-state index in [1.165, 1.54) is 0 Å². The quantitative estimate of drug-likeness (QED) is 0.0839. The average molecular weight is 531 g/mol. The number of carboxylic acids is 1. The minimum atomic E-state index is -1.66. The molecule has 0 rings (SSSR count). The van der Waals surface area contributed by atoms with Crippen LogP contribution >= 0.6 is 0 Å². The Kier molecular flexibility index (Phi) is 13.9. The highest BCUT2D eigenvalue weighted by molar-refractivity contribution is 5.97. The fraction of sp³-hybridized carbons (Fsp3) is 0.500. The first-order valence-electron chi connectivity index (χ1n) is 10.4. The molecule has 3 atom stereocenters. The molecule has 0 spiro atoms. The van der Waals surface area contributed by atoms with E-state index in [0.29, 0.717) is 0 Å². The molecule has 0 fully saturated rings. The van der Waals surface area contributed by atoms with Crippen molar-refractivity contribution in [2.24, 2.45) is 22.9 Å². The third-order valence-electron chi connectivity index (χ3n) is 4.14. The fourth-order valence-electron chi connectivity index (χ4n) is 2.47. The number of primary amides is 3. The van der Waals surface area contributed by atoms with Gasteiger partial charge in [0.15, 0.2) is 0 Å². The maximum absolute atomic E-state index is 12.5. The van der Waals surface area contributed by atoms with Crippen LogP contribution in [-0.2, 0) is 43.2 Å². The highest BCUT2D eigenvalue weighted by Crippen LogP contribution is 1.98. The number of hydrogen-bond acceptors (Lipinski definition) is 10. The molecule has 0 aromatic rings. The van der Waals surface area contributed by atoms with E-state index in [1.807, 2.05) is 5.32 Å². The summed E-state index contributed by atoms with van der Waals surface area (Å²) in [5, 5.41) is 18.9. The van der Waals surface area contributed by atoms with Crippen LogP contribution in [0, 0.1) is 0 Å². The molecule has 0 aliphatic heterocycles. The van der Waals surface area contributed by atoms with Crippen LogP contribution in [0.15, 0.2) is 0 Å². The summed E-state index contributed by atoms with van der Waals surface area (Å²) >= 11 is 0. The predicted molar refractivity (Wildman–Crippen MR) is 120 cm³/mol. The van der Waals surface area contributed by atoms with E-state index in [9.17, 15) is 43.2 Å². The van der Waals surface area contributed by atoms with Gasteiger partial charge in [0.2, 0.25) is 47.3 Å². The summed E-state index contributed by atoms with van der Waals surface area (Å²) in [6.45, 7) is -2.18. The van der Waals surface area contributed by atoms with Crippen LogP contribution in [0.5, 0.6) is 0 Å². The molecule has 0 aliphatic carbocycles. The minimum absolute atomic E-state index is 0.458. The Morgan fingerprint density at radius 1 is 0.568 bits per heavy atom. The maximum atomic E-state index is 12.5. The van der Waals surface area contributed by atoms with E-state index in [0.717, 1.165) is 0 Å². The number of hydrogen-bond donors (Lipinski definition) is 10. The zero-order valence-corrected chi connectivity index (χ0v) is 19.4. The molecule has 0 saturated carbocycles. The third-order valence-corrected chi connectivity index (χ3v) is 4.14. The van der Waals surface area contributed by atoms with E-state index < -0.39 is 110 Å². The lowest BCUT2D eigenvalue weighted by Crippen LogP contribution is -2.56. The van der Waals surface area contributed by atoms with Crippen molar-refractivity contribution in [1.82, 2.24) is 26.6 Å². The fourth-order valence-corrected chi connectivity index (χ4v) is 2.47. The van der Waals surface area contributed by atoms with E-state index >= 15 is 0 Å². The second-order valence-electron chi connectivity index (χ2n) is 7.41. The van der Waals surface area contributed by atoms with Gasteiger partial charge in [0.1, 0.15) is 18.6 Å². The molecular weight excluding hydrogens is 502 g/mol. The number of aliphatic carboxylic acids is 1. The number of carbonyl (C=O) groups is 9. The van der Waals surface area contributed by atoms with Gasteiger partial charge in [-0.1, -0.05) is 0 Å². The maximum Gasteiger partial charge on any atom is 0.322 e. The lowest BCUT2D eigenvalue weighted by molar-refractivity contribution is -0.139. The summed E-state index contributed by atoms with van der Waals surface area (Å²) in [5.41, 5.74) is 20.4. The van der Waals surface area contributed by atoms with Crippen LogP contribution in [0.3, 0.4) is 0 Å². The Morgan fingerprint density at radius 2 is 1.03 bits per heavy atom. The first-order chi connectivity index (χ1) is 17.1. The number of carbonyl (C=O) groups excluding carboxylic acids is 8. The number of amides is 8. The molecule has 0 aromatic heterocycles. The Balaban J connectivity index is 5.01. The monoisotopic (exact) mass is 531 g/mol.